The summed E-state index contributed by atoms with van der Waals surface area (Å²) in [5, 5.41) is 8.52. The first-order valence-electron chi connectivity index (χ1n) is 5.72. The van der Waals surface area contributed by atoms with Gasteiger partial charge in [-0.15, -0.1) is 11.8 Å². The molecule has 0 saturated heterocycles. The van der Waals surface area contributed by atoms with Crippen molar-refractivity contribution in [1.82, 2.24) is 4.98 Å². The van der Waals surface area contributed by atoms with E-state index in [4.69, 9.17) is 11.1 Å². The van der Waals surface area contributed by atoms with Crippen LogP contribution in [0, 0.1) is 5.41 Å². The zero-order valence-corrected chi connectivity index (χ0v) is 10.4. The van der Waals surface area contributed by atoms with Crippen LogP contribution in [0.5, 0.6) is 0 Å². The maximum absolute atomic E-state index is 7.60. The molecule has 0 fully saturated rings. The summed E-state index contributed by atoms with van der Waals surface area (Å²) in [5.74, 6) is 1.10. The monoisotopic (exact) mass is 235 g/mol. The highest BCUT2D eigenvalue weighted by Crippen LogP contribution is 2.27. The minimum Gasteiger partial charge on any atom is -0.384 e. The fraction of sp³-hybridized carbons (Fsp3) is 0.500. The van der Waals surface area contributed by atoms with Crippen molar-refractivity contribution in [2.24, 2.45) is 5.73 Å². The molecule has 0 aliphatic heterocycles. The van der Waals surface area contributed by atoms with E-state index in [1.54, 1.807) is 11.8 Å². The van der Waals surface area contributed by atoms with Crippen molar-refractivity contribution in [2.45, 2.75) is 37.6 Å². The number of hydrogen-bond donors (Lipinski definition) is 2. The van der Waals surface area contributed by atoms with Gasteiger partial charge in [-0.3, -0.25) is 5.41 Å². The summed E-state index contributed by atoms with van der Waals surface area (Å²) in [6, 6.07) is 2.07. The zero-order valence-electron chi connectivity index (χ0n) is 9.55. The van der Waals surface area contributed by atoms with E-state index in [2.05, 4.69) is 18.0 Å². The number of nitrogens with zero attached hydrogens (tertiary/aromatic N) is 1. The predicted octanol–water partition coefficient (Wildman–Crippen LogP) is 2.36. The molecule has 1 aliphatic carbocycles. The van der Waals surface area contributed by atoms with Crippen molar-refractivity contribution in [1.29, 1.82) is 5.41 Å². The normalized spacial score (nSPS) is 14.6. The summed E-state index contributed by atoms with van der Waals surface area (Å²) < 4.78 is 0. The van der Waals surface area contributed by atoms with Crippen LogP contribution in [0.4, 0.5) is 0 Å². The summed E-state index contributed by atoms with van der Waals surface area (Å²) in [7, 11) is 0. The molecule has 0 unspecified atom stereocenters. The van der Waals surface area contributed by atoms with E-state index < -0.39 is 0 Å². The van der Waals surface area contributed by atoms with Gasteiger partial charge >= 0.3 is 0 Å². The Bertz CT molecular complexity index is 415. The summed E-state index contributed by atoms with van der Waals surface area (Å²) >= 11 is 1.67. The lowest BCUT2D eigenvalue weighted by atomic mass is 9.95. The molecule has 0 atom stereocenters. The Morgan fingerprint density at radius 3 is 2.94 bits per heavy atom. The van der Waals surface area contributed by atoms with Gasteiger partial charge in [-0.2, -0.15) is 0 Å². The van der Waals surface area contributed by atoms with Crippen molar-refractivity contribution in [3.63, 3.8) is 0 Å². The number of pyridine rings is 1. The zero-order chi connectivity index (χ0) is 11.5. The second-order valence-corrected chi connectivity index (χ2v) is 5.25. The second kappa shape index (κ2) is 4.87. The van der Waals surface area contributed by atoms with E-state index in [0.717, 1.165) is 29.2 Å². The molecule has 3 N–H and O–H groups in total. The van der Waals surface area contributed by atoms with E-state index in [0.29, 0.717) is 0 Å². The number of hydrogen-bond acceptors (Lipinski definition) is 3. The Labute approximate surface area is 100 Å². The fourth-order valence-corrected chi connectivity index (χ4v) is 2.83. The summed E-state index contributed by atoms with van der Waals surface area (Å²) in [6.07, 6.45) is 4.62. The van der Waals surface area contributed by atoms with Gasteiger partial charge in [0.25, 0.3) is 0 Å². The number of aromatic nitrogens is 1. The summed E-state index contributed by atoms with van der Waals surface area (Å²) in [5.41, 5.74) is 8.92. The van der Waals surface area contributed by atoms with E-state index in [1.807, 2.05) is 0 Å². The van der Waals surface area contributed by atoms with Crippen molar-refractivity contribution in [3.05, 3.63) is 22.9 Å². The molecule has 4 heteroatoms. The molecular formula is C12H17N3S. The van der Waals surface area contributed by atoms with Gasteiger partial charge in [0.1, 0.15) is 10.9 Å². The third-order valence-corrected chi connectivity index (χ3v) is 3.71. The Kier molecular flexibility index (Phi) is 3.49. The highest BCUT2D eigenvalue weighted by Gasteiger charge is 2.16. The summed E-state index contributed by atoms with van der Waals surface area (Å²) in [6.45, 7) is 2.09. The molecule has 0 aromatic carbocycles. The first-order chi connectivity index (χ1) is 7.72. The average Bonchev–Trinajstić information content (AvgIpc) is 2.28. The standard InChI is InChI=1S/C12H17N3S/c1-2-16-12-9(11(13)14)7-8-5-3-4-6-10(8)15-12/h7H,2-6H2,1H3,(H3,13,14). The number of aryl methyl sites for hydroxylation is 2. The SMILES string of the molecule is CCSc1nc2c(cc1C(=N)N)CCCC2. The minimum atomic E-state index is 0.136. The van der Waals surface area contributed by atoms with Crippen LogP contribution in [0.15, 0.2) is 11.1 Å². The lowest BCUT2D eigenvalue weighted by Crippen LogP contribution is -2.16. The van der Waals surface area contributed by atoms with Crippen LogP contribution in [0.2, 0.25) is 0 Å². The third-order valence-electron chi connectivity index (χ3n) is 2.84. The van der Waals surface area contributed by atoms with Crippen LogP contribution in [0.25, 0.3) is 0 Å². The van der Waals surface area contributed by atoms with Gasteiger partial charge in [0.15, 0.2) is 0 Å². The first kappa shape index (κ1) is 11.5. The lowest BCUT2D eigenvalue weighted by molar-refractivity contribution is 0.660. The molecule has 86 valence electrons. The van der Waals surface area contributed by atoms with Crippen molar-refractivity contribution >= 4 is 17.6 Å². The lowest BCUT2D eigenvalue weighted by Gasteiger charge is -2.17. The molecule has 0 radical (unpaired) electrons. The van der Waals surface area contributed by atoms with Gasteiger partial charge < -0.3 is 5.73 Å². The number of fused-ring (bicyclic) bond motifs is 1. The number of nitrogens with one attached hydrogen (secondary N) is 1. The van der Waals surface area contributed by atoms with Crippen LogP contribution in [0.3, 0.4) is 0 Å². The maximum atomic E-state index is 7.60. The van der Waals surface area contributed by atoms with E-state index in [-0.39, 0.29) is 5.84 Å². The molecular weight excluding hydrogens is 218 g/mol. The van der Waals surface area contributed by atoms with E-state index in [1.165, 1.54) is 24.1 Å². The number of thioether (sulfide) groups is 1. The molecule has 16 heavy (non-hydrogen) atoms. The molecule has 3 nitrogen and oxygen atoms in total. The smallest absolute Gasteiger partial charge is 0.125 e. The molecule has 1 heterocycles. The van der Waals surface area contributed by atoms with Gasteiger partial charge in [0.2, 0.25) is 0 Å². The molecule has 1 aromatic heterocycles. The molecule has 0 saturated carbocycles. The van der Waals surface area contributed by atoms with Crippen LogP contribution in [-0.4, -0.2) is 16.6 Å². The van der Waals surface area contributed by atoms with E-state index in [9.17, 15) is 0 Å². The molecule has 0 bridgehead atoms. The van der Waals surface area contributed by atoms with Crippen LogP contribution < -0.4 is 5.73 Å². The molecule has 0 amide bonds. The molecule has 0 spiro atoms. The Balaban J connectivity index is 2.45. The van der Waals surface area contributed by atoms with Crippen LogP contribution in [0.1, 0.15) is 36.6 Å². The Morgan fingerprint density at radius 2 is 2.25 bits per heavy atom. The quantitative estimate of drug-likeness (QED) is 0.480. The molecule has 1 aromatic rings. The van der Waals surface area contributed by atoms with Gasteiger partial charge in [0, 0.05) is 11.3 Å². The van der Waals surface area contributed by atoms with Crippen molar-refractivity contribution < 1.29 is 0 Å². The maximum Gasteiger partial charge on any atom is 0.125 e. The molecule has 2 rings (SSSR count). The molecule has 1 aliphatic rings. The number of nitrogens with two attached hydrogens (primary N) is 1. The second-order valence-electron chi connectivity index (χ2n) is 4.00. The Hall–Kier alpha value is -1.03. The minimum absolute atomic E-state index is 0.136. The topological polar surface area (TPSA) is 62.8 Å². The highest BCUT2D eigenvalue weighted by molar-refractivity contribution is 7.99. The Morgan fingerprint density at radius 1 is 1.50 bits per heavy atom. The predicted molar refractivity (Wildman–Crippen MR) is 68.3 cm³/mol. The fourth-order valence-electron chi connectivity index (χ4n) is 2.05. The van der Waals surface area contributed by atoms with Gasteiger partial charge in [-0.05, 0) is 43.1 Å². The first-order valence-corrected chi connectivity index (χ1v) is 6.71. The van der Waals surface area contributed by atoms with Crippen molar-refractivity contribution in [3.8, 4) is 0 Å². The van der Waals surface area contributed by atoms with Gasteiger partial charge in [0.05, 0.1) is 0 Å². The average molecular weight is 235 g/mol. The number of nitrogen functional groups attached to an aromatic ring is 1. The van der Waals surface area contributed by atoms with E-state index >= 15 is 0 Å². The highest BCUT2D eigenvalue weighted by atomic mass is 32.2. The largest absolute Gasteiger partial charge is 0.384 e. The van der Waals surface area contributed by atoms with Crippen LogP contribution >= 0.6 is 11.8 Å². The van der Waals surface area contributed by atoms with Gasteiger partial charge in [-0.1, -0.05) is 6.92 Å². The number of amidine groups is 1. The van der Waals surface area contributed by atoms with Crippen LogP contribution in [-0.2, 0) is 12.8 Å². The van der Waals surface area contributed by atoms with Crippen molar-refractivity contribution in [2.75, 3.05) is 5.75 Å². The third kappa shape index (κ3) is 2.21. The van der Waals surface area contributed by atoms with Gasteiger partial charge in [-0.25, -0.2) is 4.98 Å². The number of rotatable bonds is 3. The summed E-state index contributed by atoms with van der Waals surface area (Å²) in [4.78, 5) is 4.67.